The van der Waals surface area contributed by atoms with Gasteiger partial charge in [-0.25, -0.2) is 9.37 Å². The topological polar surface area (TPSA) is 133 Å². The smallest absolute Gasteiger partial charge is 0.273 e. The number of halogens is 2. The average Bonchev–Trinajstić information content (AvgIpc) is 3.01. The van der Waals surface area contributed by atoms with E-state index < -0.39 is 17.8 Å². The number of anilines is 1. The summed E-state index contributed by atoms with van der Waals surface area (Å²) >= 11 is 6.95. The van der Waals surface area contributed by atoms with Gasteiger partial charge in [-0.15, -0.1) is 0 Å². The molecule has 1 aliphatic heterocycles. The number of nitrogens with zero attached hydrogens (tertiary/aromatic N) is 3. The Morgan fingerprint density at radius 1 is 1.48 bits per heavy atom. The van der Waals surface area contributed by atoms with Crippen molar-refractivity contribution in [1.82, 2.24) is 15.2 Å². The summed E-state index contributed by atoms with van der Waals surface area (Å²) in [6.45, 7) is 1.45. The van der Waals surface area contributed by atoms with E-state index in [0.29, 0.717) is 17.4 Å². The molecule has 2 heterocycles. The number of amidine groups is 1. The van der Waals surface area contributed by atoms with Gasteiger partial charge in [0.2, 0.25) is 0 Å². The summed E-state index contributed by atoms with van der Waals surface area (Å²) in [5.74, 6) is -0.502. The lowest BCUT2D eigenvalue weighted by Gasteiger charge is -2.28. The van der Waals surface area contributed by atoms with E-state index in [4.69, 9.17) is 28.5 Å². The van der Waals surface area contributed by atoms with Crippen LogP contribution in [-0.2, 0) is 0 Å². The maximum absolute atomic E-state index is 14.2. The first kappa shape index (κ1) is 23.1. The quantitative estimate of drug-likeness (QED) is 0.398. The van der Waals surface area contributed by atoms with Crippen LogP contribution in [-0.4, -0.2) is 60.1 Å². The van der Waals surface area contributed by atoms with E-state index in [1.807, 2.05) is 4.90 Å². The maximum atomic E-state index is 14.2. The van der Waals surface area contributed by atoms with Crippen LogP contribution in [0.2, 0.25) is 5.02 Å². The highest BCUT2D eigenvalue weighted by Gasteiger charge is 2.26. The molecule has 1 amide bonds. The Morgan fingerprint density at radius 3 is 2.97 bits per heavy atom. The average molecular weight is 466 g/mol. The number of hydrogen-bond acceptors (Lipinski definition) is 7. The van der Waals surface area contributed by atoms with Crippen molar-refractivity contribution in [2.45, 2.75) is 31.3 Å². The fraction of sp³-hybridized carbons (Fsp3) is 0.400. The van der Waals surface area contributed by atoms with Crippen molar-refractivity contribution in [3.63, 3.8) is 0 Å². The maximum Gasteiger partial charge on any atom is 0.273 e. The van der Waals surface area contributed by atoms with Crippen molar-refractivity contribution in [2.24, 2.45) is 10.7 Å². The molecule has 2 unspecified atom stereocenters. The van der Waals surface area contributed by atoms with E-state index >= 15 is 0 Å². The van der Waals surface area contributed by atoms with E-state index in [1.165, 1.54) is 18.2 Å². The zero-order valence-corrected chi connectivity index (χ0v) is 18.6. The molecule has 3 rings (SSSR count). The van der Waals surface area contributed by atoms with Crippen molar-refractivity contribution in [3.05, 3.63) is 34.7 Å². The summed E-state index contributed by atoms with van der Waals surface area (Å²) in [5, 5.41) is 11.3. The van der Waals surface area contributed by atoms with Gasteiger partial charge in [0.15, 0.2) is 5.69 Å². The Bertz CT molecular complexity index is 996. The fourth-order valence-corrected chi connectivity index (χ4v) is 4.51. The molecule has 1 aliphatic rings. The first-order valence-corrected chi connectivity index (χ1v) is 11.0. The number of rotatable bonds is 5. The van der Waals surface area contributed by atoms with Gasteiger partial charge in [-0.2, -0.15) is 0 Å². The predicted octanol–water partition coefficient (Wildman–Crippen LogP) is 2.77. The highest BCUT2D eigenvalue weighted by Crippen LogP contribution is 2.33. The number of aliphatic imine (C=N–C) groups is 1. The number of hydrogen-bond donors (Lipinski definition) is 4. The Morgan fingerprint density at radius 2 is 2.26 bits per heavy atom. The number of nitrogens with two attached hydrogens (primary N) is 2. The molecule has 1 aromatic carbocycles. The van der Waals surface area contributed by atoms with Crippen molar-refractivity contribution in [3.8, 4) is 10.6 Å². The molecule has 166 valence electrons. The number of aromatic nitrogens is 1. The molecule has 1 fully saturated rings. The molecule has 6 N–H and O–H groups in total. The minimum absolute atomic E-state index is 0.0282. The molecule has 8 nitrogen and oxygen atoms in total. The monoisotopic (exact) mass is 465 g/mol. The summed E-state index contributed by atoms with van der Waals surface area (Å²) in [4.78, 5) is 23.5. The molecule has 2 aromatic rings. The lowest BCUT2D eigenvalue weighted by atomic mass is 10.1. The third kappa shape index (κ3) is 5.38. The van der Waals surface area contributed by atoms with Crippen molar-refractivity contribution in [2.75, 3.05) is 25.9 Å². The summed E-state index contributed by atoms with van der Waals surface area (Å²) in [5.41, 5.74) is 12.2. The van der Waals surface area contributed by atoms with Crippen LogP contribution in [0, 0.1) is 11.2 Å². The Kier molecular flexibility index (Phi) is 7.58. The number of nitrogen functional groups attached to an aromatic ring is 1. The number of likely N-dealkylation sites (tertiary alicyclic amines) is 1. The van der Waals surface area contributed by atoms with E-state index in [-0.39, 0.29) is 27.3 Å². The molecule has 1 aromatic heterocycles. The SMILES string of the molecule is CN=C(C(C=N)NC(=O)c1nc(-c2cc(Cl)ccc2F)sc1N)N1CCCC(N)CC1. The molecule has 0 bridgehead atoms. The van der Waals surface area contributed by atoms with Gasteiger partial charge >= 0.3 is 0 Å². The van der Waals surface area contributed by atoms with Crippen LogP contribution in [0.25, 0.3) is 10.6 Å². The summed E-state index contributed by atoms with van der Waals surface area (Å²) < 4.78 is 14.2. The summed E-state index contributed by atoms with van der Waals surface area (Å²) in [6.07, 6.45) is 3.76. The number of carbonyl (C=O) groups is 1. The number of carbonyl (C=O) groups excluding carboxylic acids is 1. The van der Waals surface area contributed by atoms with Gasteiger partial charge in [0.05, 0.1) is 0 Å². The molecule has 31 heavy (non-hydrogen) atoms. The first-order valence-electron chi connectivity index (χ1n) is 9.84. The molecule has 0 spiro atoms. The van der Waals surface area contributed by atoms with Crippen LogP contribution in [0.15, 0.2) is 23.2 Å². The van der Waals surface area contributed by atoms with Gasteiger partial charge in [0.1, 0.15) is 27.7 Å². The Labute approximate surface area is 189 Å². The van der Waals surface area contributed by atoms with Gasteiger partial charge in [0, 0.05) is 43.0 Å². The highest BCUT2D eigenvalue weighted by atomic mass is 35.5. The lowest BCUT2D eigenvalue weighted by Crippen LogP contribution is -2.50. The van der Waals surface area contributed by atoms with E-state index in [2.05, 4.69) is 15.3 Å². The van der Waals surface area contributed by atoms with Gasteiger partial charge in [0.25, 0.3) is 5.91 Å². The second-order valence-electron chi connectivity index (χ2n) is 7.23. The van der Waals surface area contributed by atoms with Crippen LogP contribution >= 0.6 is 22.9 Å². The van der Waals surface area contributed by atoms with Crippen LogP contribution in [0.1, 0.15) is 29.8 Å². The Hall–Kier alpha value is -2.56. The Balaban J connectivity index is 1.80. The third-order valence-electron chi connectivity index (χ3n) is 5.08. The third-order valence-corrected chi connectivity index (χ3v) is 6.24. The largest absolute Gasteiger partial charge is 0.389 e. The number of amides is 1. The second-order valence-corrected chi connectivity index (χ2v) is 8.70. The van der Waals surface area contributed by atoms with E-state index in [9.17, 15) is 9.18 Å². The second kappa shape index (κ2) is 10.2. The summed E-state index contributed by atoms with van der Waals surface area (Å²) in [7, 11) is 1.63. The van der Waals surface area contributed by atoms with E-state index in [1.54, 1.807) is 7.05 Å². The highest BCUT2D eigenvalue weighted by molar-refractivity contribution is 7.19. The number of benzene rings is 1. The fourth-order valence-electron chi connectivity index (χ4n) is 3.49. The standard InChI is InChI=1S/C20H25ClFN7OS/c1-26-18(29-7-2-3-12(24)6-8-29)15(10-23)27-19(30)16-17(25)31-20(28-16)13-9-11(21)4-5-14(13)22/h4-5,9-10,12,15,23H,2-3,6-8,24-25H2,1H3,(H,27,30). The number of nitrogens with one attached hydrogen (secondary N) is 2. The molecule has 0 aliphatic carbocycles. The normalized spacial score (nSPS) is 18.4. The van der Waals surface area contributed by atoms with Crippen molar-refractivity contribution < 1.29 is 9.18 Å². The molecule has 0 saturated carbocycles. The zero-order valence-electron chi connectivity index (χ0n) is 17.1. The van der Waals surface area contributed by atoms with E-state index in [0.717, 1.165) is 43.4 Å². The molecular formula is C20H25ClFN7OS. The minimum Gasteiger partial charge on any atom is -0.389 e. The predicted molar refractivity (Wildman–Crippen MR) is 124 cm³/mol. The zero-order chi connectivity index (χ0) is 22.5. The number of thiazole rings is 1. The van der Waals surface area contributed by atoms with Gasteiger partial charge in [-0.05, 0) is 37.5 Å². The lowest BCUT2D eigenvalue weighted by molar-refractivity contribution is 0.0949. The van der Waals surface area contributed by atoms with Crippen LogP contribution in [0.5, 0.6) is 0 Å². The van der Waals surface area contributed by atoms with Crippen LogP contribution < -0.4 is 16.8 Å². The van der Waals surface area contributed by atoms with Gasteiger partial charge in [-0.3, -0.25) is 9.79 Å². The molecule has 1 saturated heterocycles. The molecule has 2 atom stereocenters. The minimum atomic E-state index is -0.751. The van der Waals surface area contributed by atoms with Gasteiger partial charge in [-0.1, -0.05) is 22.9 Å². The summed E-state index contributed by atoms with van der Waals surface area (Å²) in [6, 6.07) is 3.48. The van der Waals surface area contributed by atoms with Crippen LogP contribution in [0.3, 0.4) is 0 Å². The van der Waals surface area contributed by atoms with Crippen LogP contribution in [0.4, 0.5) is 9.39 Å². The molecule has 0 radical (unpaired) electrons. The van der Waals surface area contributed by atoms with Crippen molar-refractivity contribution >= 4 is 45.9 Å². The van der Waals surface area contributed by atoms with Crippen molar-refractivity contribution in [1.29, 1.82) is 5.41 Å². The van der Waals surface area contributed by atoms with Gasteiger partial charge < -0.3 is 27.1 Å². The molecule has 11 heteroatoms. The first-order chi connectivity index (χ1) is 14.8. The molecular weight excluding hydrogens is 441 g/mol.